The highest BCUT2D eigenvalue weighted by Crippen LogP contribution is 2.03. The van der Waals surface area contributed by atoms with E-state index in [9.17, 15) is 9.59 Å². The minimum Gasteiger partial charge on any atom is -0.293 e. The molecule has 0 rings (SSSR count). The summed E-state index contributed by atoms with van der Waals surface area (Å²) >= 11 is 0. The van der Waals surface area contributed by atoms with Gasteiger partial charge in [-0.25, -0.2) is 0 Å². The number of Topliss-reactive ketones (excluding diaryl/α,β-unsaturated/α-hetero) is 2. The zero-order chi connectivity index (χ0) is 15.6. The van der Waals surface area contributed by atoms with Crippen molar-refractivity contribution in [3.05, 3.63) is 23.8 Å². The molecular formula is C15H20N2O2. The normalized spacial score (nSPS) is 10.1. The Bertz CT molecular complexity index is 458. The number of carbonyl (C=O) groups excluding carboxylic acids is 2. The van der Waals surface area contributed by atoms with Gasteiger partial charge in [0.15, 0.2) is 11.6 Å². The minimum atomic E-state index is -0.169. The zero-order valence-electron chi connectivity index (χ0n) is 12.2. The van der Waals surface area contributed by atoms with Crippen LogP contribution < -0.4 is 0 Å². The van der Waals surface area contributed by atoms with Gasteiger partial charge in [0.05, 0.1) is 11.1 Å². The van der Waals surface area contributed by atoms with E-state index in [0.29, 0.717) is 0 Å². The lowest BCUT2D eigenvalue weighted by molar-refractivity contribution is -0.118. The quantitative estimate of drug-likeness (QED) is 0.574. The van der Waals surface area contributed by atoms with E-state index in [4.69, 9.17) is 10.5 Å². The average Bonchev–Trinajstić information content (AvgIpc) is 2.38. The van der Waals surface area contributed by atoms with Crippen LogP contribution in [-0.4, -0.2) is 11.6 Å². The van der Waals surface area contributed by atoms with Gasteiger partial charge in [-0.05, 0) is 6.92 Å². The number of hydrogen-bond donors (Lipinski definition) is 0. The maximum Gasteiger partial charge on any atom is 0.175 e. The fourth-order valence-corrected chi connectivity index (χ4v) is 0.976. The van der Waals surface area contributed by atoms with E-state index >= 15 is 0 Å². The average molecular weight is 260 g/mol. The second-order valence-electron chi connectivity index (χ2n) is 4.44. The standard InChI is InChI=1S/C8H11NO.C7H9NO/c1-4-7(5-9)8(10)6(2)3;1-5(2)7(9)6(3)4-8/h4,6H,1-3H3;5H,3H2,1-2H3/b7-4+;. The van der Waals surface area contributed by atoms with E-state index in [-0.39, 0.29) is 34.5 Å². The second kappa shape index (κ2) is 9.79. The summed E-state index contributed by atoms with van der Waals surface area (Å²) in [5, 5.41) is 16.6. The summed E-state index contributed by atoms with van der Waals surface area (Å²) in [5.74, 6) is -0.439. The second-order valence-corrected chi connectivity index (χ2v) is 4.44. The fourth-order valence-electron chi connectivity index (χ4n) is 0.976. The van der Waals surface area contributed by atoms with E-state index in [2.05, 4.69) is 6.58 Å². The Balaban J connectivity index is 0. The van der Waals surface area contributed by atoms with Gasteiger partial charge in [-0.1, -0.05) is 40.3 Å². The molecule has 0 saturated heterocycles. The van der Waals surface area contributed by atoms with Crippen LogP contribution in [0.5, 0.6) is 0 Å². The third kappa shape index (κ3) is 7.68. The molecule has 0 unspecified atom stereocenters. The maximum absolute atomic E-state index is 11.0. The van der Waals surface area contributed by atoms with E-state index in [0.717, 1.165) is 0 Å². The lowest BCUT2D eigenvalue weighted by Crippen LogP contribution is -2.08. The van der Waals surface area contributed by atoms with Gasteiger partial charge in [0, 0.05) is 11.8 Å². The molecule has 0 aliphatic carbocycles. The molecule has 4 heteroatoms. The third-order valence-corrected chi connectivity index (χ3v) is 2.16. The Morgan fingerprint density at radius 2 is 1.42 bits per heavy atom. The summed E-state index contributed by atoms with van der Waals surface area (Å²) in [5.41, 5.74) is 0.306. The maximum atomic E-state index is 11.0. The largest absolute Gasteiger partial charge is 0.293 e. The van der Waals surface area contributed by atoms with Crippen molar-refractivity contribution in [3.8, 4) is 12.1 Å². The SMILES string of the molecule is C/C=C(\C#N)C(=O)C(C)C.C=C(C#N)C(=O)C(C)C. The van der Waals surface area contributed by atoms with Crippen molar-refractivity contribution in [2.24, 2.45) is 11.8 Å². The molecule has 0 aliphatic rings. The molecule has 0 radical (unpaired) electrons. The van der Waals surface area contributed by atoms with Crippen LogP contribution in [-0.2, 0) is 9.59 Å². The van der Waals surface area contributed by atoms with Crippen LogP contribution in [0.1, 0.15) is 34.6 Å². The minimum absolute atomic E-state index is 0.0463. The van der Waals surface area contributed by atoms with Crippen LogP contribution in [0.25, 0.3) is 0 Å². The van der Waals surface area contributed by atoms with Gasteiger partial charge in [0.1, 0.15) is 12.1 Å². The lowest BCUT2D eigenvalue weighted by Gasteiger charge is -1.99. The first-order valence-electron chi connectivity index (χ1n) is 5.96. The molecule has 19 heavy (non-hydrogen) atoms. The molecule has 0 spiro atoms. The summed E-state index contributed by atoms with van der Waals surface area (Å²) in [4.78, 5) is 21.8. The number of allylic oxidation sites excluding steroid dienone is 3. The molecule has 0 N–H and O–H groups in total. The summed E-state index contributed by atoms with van der Waals surface area (Å²) < 4.78 is 0. The van der Waals surface area contributed by atoms with Crippen LogP contribution in [0, 0.1) is 34.5 Å². The van der Waals surface area contributed by atoms with Crippen molar-refractivity contribution < 1.29 is 9.59 Å². The smallest absolute Gasteiger partial charge is 0.175 e. The van der Waals surface area contributed by atoms with E-state index < -0.39 is 0 Å². The van der Waals surface area contributed by atoms with Crippen molar-refractivity contribution in [3.63, 3.8) is 0 Å². The van der Waals surface area contributed by atoms with Gasteiger partial charge < -0.3 is 0 Å². The number of rotatable bonds is 4. The Hall–Kier alpha value is -2.20. The highest BCUT2D eigenvalue weighted by atomic mass is 16.1. The van der Waals surface area contributed by atoms with Crippen LogP contribution in [0.3, 0.4) is 0 Å². The third-order valence-electron chi connectivity index (χ3n) is 2.16. The van der Waals surface area contributed by atoms with Gasteiger partial charge in [-0.15, -0.1) is 0 Å². The molecule has 102 valence electrons. The molecule has 0 aromatic heterocycles. The van der Waals surface area contributed by atoms with E-state index in [1.165, 1.54) is 0 Å². The number of hydrogen-bond acceptors (Lipinski definition) is 4. The molecule has 0 aromatic rings. The molecular weight excluding hydrogens is 240 g/mol. The molecule has 0 aromatic carbocycles. The van der Waals surface area contributed by atoms with Crippen molar-refractivity contribution in [1.82, 2.24) is 0 Å². The summed E-state index contributed by atoms with van der Waals surface area (Å²) in [6, 6.07) is 3.55. The highest BCUT2D eigenvalue weighted by Gasteiger charge is 2.11. The van der Waals surface area contributed by atoms with Crippen LogP contribution in [0.15, 0.2) is 23.8 Å². The Morgan fingerprint density at radius 1 is 1.00 bits per heavy atom. The number of nitrogens with zero attached hydrogens (tertiary/aromatic N) is 2. The molecule has 0 heterocycles. The molecule has 0 atom stereocenters. The first-order valence-corrected chi connectivity index (χ1v) is 5.96. The van der Waals surface area contributed by atoms with Gasteiger partial charge in [0.2, 0.25) is 0 Å². The van der Waals surface area contributed by atoms with Gasteiger partial charge in [-0.2, -0.15) is 10.5 Å². The number of carbonyl (C=O) groups is 2. The van der Waals surface area contributed by atoms with Crippen molar-refractivity contribution >= 4 is 11.6 Å². The predicted octanol–water partition coefficient (Wildman–Crippen LogP) is 2.97. The first kappa shape index (κ1) is 19.1. The Labute approximate surface area is 115 Å². The topological polar surface area (TPSA) is 81.7 Å². The molecule has 4 nitrogen and oxygen atoms in total. The van der Waals surface area contributed by atoms with Gasteiger partial charge >= 0.3 is 0 Å². The first-order chi connectivity index (χ1) is 8.72. The predicted molar refractivity (Wildman–Crippen MR) is 73.8 cm³/mol. The zero-order valence-corrected chi connectivity index (χ0v) is 12.2. The van der Waals surface area contributed by atoms with Crippen LogP contribution in [0.2, 0.25) is 0 Å². The summed E-state index contributed by atoms with van der Waals surface area (Å²) in [6.07, 6.45) is 1.54. The Morgan fingerprint density at radius 3 is 1.53 bits per heavy atom. The summed E-state index contributed by atoms with van der Waals surface area (Å²) in [7, 11) is 0. The monoisotopic (exact) mass is 260 g/mol. The molecule has 0 saturated carbocycles. The van der Waals surface area contributed by atoms with E-state index in [1.54, 1.807) is 46.8 Å². The number of nitriles is 2. The van der Waals surface area contributed by atoms with Crippen molar-refractivity contribution in [2.45, 2.75) is 34.6 Å². The molecule has 0 bridgehead atoms. The van der Waals surface area contributed by atoms with Crippen LogP contribution in [0.4, 0.5) is 0 Å². The number of ketones is 2. The van der Waals surface area contributed by atoms with Crippen molar-refractivity contribution in [2.75, 3.05) is 0 Å². The summed E-state index contributed by atoms with van der Waals surface area (Å²) in [6.45, 7) is 12.0. The van der Waals surface area contributed by atoms with Crippen LogP contribution >= 0.6 is 0 Å². The fraction of sp³-hybridized carbons (Fsp3) is 0.467. The van der Waals surface area contributed by atoms with Gasteiger partial charge in [-0.3, -0.25) is 9.59 Å². The lowest BCUT2D eigenvalue weighted by atomic mass is 10.0. The molecule has 0 amide bonds. The molecule has 0 aliphatic heterocycles. The van der Waals surface area contributed by atoms with E-state index in [1.807, 2.05) is 6.07 Å². The molecule has 0 fully saturated rings. The highest BCUT2D eigenvalue weighted by molar-refractivity contribution is 6.00. The van der Waals surface area contributed by atoms with Crippen molar-refractivity contribution in [1.29, 1.82) is 10.5 Å². The Kier molecular flexibility index (Phi) is 9.87. The van der Waals surface area contributed by atoms with Gasteiger partial charge in [0.25, 0.3) is 0 Å².